The molecule has 0 aliphatic carbocycles. The van der Waals surface area contributed by atoms with Crippen molar-refractivity contribution < 1.29 is 0 Å². The zero-order valence-corrected chi connectivity index (χ0v) is 11.1. The number of rotatable bonds is 6. The number of nitrogens with one attached hydrogen (secondary N) is 2. The number of halogens is 1. The van der Waals surface area contributed by atoms with Crippen LogP contribution in [-0.2, 0) is 6.42 Å². The summed E-state index contributed by atoms with van der Waals surface area (Å²) in [6.45, 7) is 3.09. The van der Waals surface area contributed by atoms with E-state index in [0.717, 1.165) is 30.2 Å². The van der Waals surface area contributed by atoms with E-state index in [1.165, 1.54) is 11.9 Å². The van der Waals surface area contributed by atoms with Crippen LogP contribution in [0, 0.1) is 0 Å². The molecule has 1 aromatic carbocycles. The van der Waals surface area contributed by atoms with Crippen LogP contribution < -0.4 is 5.32 Å². The largest absolute Gasteiger partial charge is 0.307 e. The lowest BCUT2D eigenvalue weighted by Crippen LogP contribution is -2.25. The first kappa shape index (κ1) is 13.1. The van der Waals surface area contributed by atoms with Crippen LogP contribution in [0.5, 0.6) is 0 Å². The predicted octanol–water partition coefficient (Wildman–Crippen LogP) is 2.74. The molecule has 2 rings (SSSR count). The van der Waals surface area contributed by atoms with Crippen molar-refractivity contribution in [3.05, 3.63) is 47.0 Å². The van der Waals surface area contributed by atoms with E-state index in [2.05, 4.69) is 33.5 Å². The van der Waals surface area contributed by atoms with E-state index in [1.54, 1.807) is 0 Å². The van der Waals surface area contributed by atoms with Crippen molar-refractivity contribution in [1.29, 1.82) is 0 Å². The molecule has 0 spiro atoms. The van der Waals surface area contributed by atoms with E-state index in [1.807, 2.05) is 18.2 Å². The number of hydrogen-bond donors (Lipinski definition) is 2. The Kier molecular flexibility index (Phi) is 4.73. The van der Waals surface area contributed by atoms with Gasteiger partial charge in [-0.25, -0.2) is 4.98 Å². The molecule has 0 bridgehead atoms. The summed E-state index contributed by atoms with van der Waals surface area (Å²) < 4.78 is 0. The SMILES string of the molecule is CCCNC(Cc1cccc(Cl)c1)c1ncn[nH]1. The second kappa shape index (κ2) is 6.52. The number of aromatic amines is 1. The fourth-order valence-corrected chi connectivity index (χ4v) is 2.08. The summed E-state index contributed by atoms with van der Waals surface area (Å²) in [6.07, 6.45) is 3.46. The van der Waals surface area contributed by atoms with E-state index in [0.29, 0.717) is 0 Å². The highest BCUT2D eigenvalue weighted by Gasteiger charge is 2.14. The fraction of sp³-hybridized carbons (Fsp3) is 0.385. The Balaban J connectivity index is 2.10. The lowest BCUT2D eigenvalue weighted by atomic mass is 10.1. The Labute approximate surface area is 112 Å². The van der Waals surface area contributed by atoms with Gasteiger partial charge in [0.25, 0.3) is 0 Å². The van der Waals surface area contributed by atoms with Gasteiger partial charge in [-0.1, -0.05) is 30.7 Å². The summed E-state index contributed by atoms with van der Waals surface area (Å²) in [5.74, 6) is 0.864. The Hall–Kier alpha value is -1.39. The summed E-state index contributed by atoms with van der Waals surface area (Å²) in [6, 6.07) is 8.05. The quantitative estimate of drug-likeness (QED) is 0.844. The number of hydrogen-bond acceptors (Lipinski definition) is 3. The van der Waals surface area contributed by atoms with E-state index in [4.69, 9.17) is 11.6 Å². The number of aromatic nitrogens is 3. The van der Waals surface area contributed by atoms with Crippen LogP contribution in [-0.4, -0.2) is 21.7 Å². The lowest BCUT2D eigenvalue weighted by molar-refractivity contribution is 0.506. The third-order valence-corrected chi connectivity index (χ3v) is 2.97. The molecule has 0 aliphatic rings. The molecule has 0 fully saturated rings. The zero-order valence-electron chi connectivity index (χ0n) is 10.4. The van der Waals surface area contributed by atoms with E-state index in [9.17, 15) is 0 Å². The van der Waals surface area contributed by atoms with Crippen LogP contribution in [0.25, 0.3) is 0 Å². The molecular formula is C13H17ClN4. The molecule has 18 heavy (non-hydrogen) atoms. The maximum Gasteiger partial charge on any atom is 0.141 e. The summed E-state index contributed by atoms with van der Waals surface area (Å²) in [4.78, 5) is 4.23. The van der Waals surface area contributed by atoms with Crippen LogP contribution in [0.4, 0.5) is 0 Å². The Morgan fingerprint density at radius 2 is 2.33 bits per heavy atom. The standard InChI is InChI=1S/C13H17ClN4/c1-2-6-15-12(13-16-9-17-18-13)8-10-4-3-5-11(14)7-10/h3-5,7,9,12,15H,2,6,8H2,1H3,(H,16,17,18). The Morgan fingerprint density at radius 3 is 3.00 bits per heavy atom. The topological polar surface area (TPSA) is 53.6 Å². The van der Waals surface area contributed by atoms with Crippen LogP contribution in [0.15, 0.2) is 30.6 Å². The maximum absolute atomic E-state index is 6.00. The summed E-state index contributed by atoms with van der Waals surface area (Å²) >= 11 is 6.00. The monoisotopic (exact) mass is 264 g/mol. The van der Waals surface area contributed by atoms with Crippen molar-refractivity contribution in [2.24, 2.45) is 0 Å². The van der Waals surface area contributed by atoms with Crippen LogP contribution in [0.1, 0.15) is 30.8 Å². The Morgan fingerprint density at radius 1 is 1.44 bits per heavy atom. The lowest BCUT2D eigenvalue weighted by Gasteiger charge is -2.16. The first-order valence-electron chi connectivity index (χ1n) is 6.12. The summed E-state index contributed by atoms with van der Waals surface area (Å²) in [5.41, 5.74) is 1.19. The fourth-order valence-electron chi connectivity index (χ4n) is 1.87. The van der Waals surface area contributed by atoms with Gasteiger partial charge in [0.15, 0.2) is 0 Å². The minimum absolute atomic E-state index is 0.144. The Bertz CT molecular complexity index is 470. The summed E-state index contributed by atoms with van der Waals surface area (Å²) in [5, 5.41) is 11.1. The molecule has 2 N–H and O–H groups in total. The number of benzene rings is 1. The van der Waals surface area contributed by atoms with Gasteiger partial charge < -0.3 is 5.32 Å². The average Bonchev–Trinajstić information content (AvgIpc) is 2.88. The van der Waals surface area contributed by atoms with Crippen molar-refractivity contribution in [3.63, 3.8) is 0 Å². The minimum Gasteiger partial charge on any atom is -0.307 e. The van der Waals surface area contributed by atoms with Gasteiger partial charge in [0.05, 0.1) is 6.04 Å². The molecule has 1 heterocycles. The highest BCUT2D eigenvalue weighted by molar-refractivity contribution is 6.30. The molecule has 96 valence electrons. The van der Waals surface area contributed by atoms with Gasteiger partial charge in [0, 0.05) is 5.02 Å². The smallest absolute Gasteiger partial charge is 0.141 e. The zero-order chi connectivity index (χ0) is 12.8. The predicted molar refractivity (Wildman–Crippen MR) is 72.6 cm³/mol. The second-order valence-corrected chi connectivity index (χ2v) is 4.65. The van der Waals surface area contributed by atoms with E-state index in [-0.39, 0.29) is 6.04 Å². The van der Waals surface area contributed by atoms with Crippen molar-refractivity contribution >= 4 is 11.6 Å². The summed E-state index contributed by atoms with van der Waals surface area (Å²) in [7, 11) is 0. The van der Waals surface area contributed by atoms with Gasteiger partial charge in [0.2, 0.25) is 0 Å². The maximum atomic E-state index is 6.00. The second-order valence-electron chi connectivity index (χ2n) is 4.21. The minimum atomic E-state index is 0.144. The van der Waals surface area contributed by atoms with Crippen molar-refractivity contribution in [2.75, 3.05) is 6.54 Å². The molecule has 5 heteroatoms. The van der Waals surface area contributed by atoms with Gasteiger partial charge in [0.1, 0.15) is 12.2 Å². The van der Waals surface area contributed by atoms with Gasteiger partial charge >= 0.3 is 0 Å². The highest BCUT2D eigenvalue weighted by Crippen LogP contribution is 2.17. The van der Waals surface area contributed by atoms with Gasteiger partial charge in [-0.2, -0.15) is 5.10 Å². The third kappa shape index (κ3) is 3.55. The van der Waals surface area contributed by atoms with E-state index >= 15 is 0 Å². The third-order valence-electron chi connectivity index (χ3n) is 2.73. The molecule has 0 aliphatic heterocycles. The molecule has 1 atom stereocenters. The number of nitrogens with zero attached hydrogens (tertiary/aromatic N) is 2. The molecule has 0 saturated carbocycles. The molecule has 1 unspecified atom stereocenters. The van der Waals surface area contributed by atoms with Crippen LogP contribution in [0.2, 0.25) is 5.02 Å². The molecule has 0 amide bonds. The van der Waals surface area contributed by atoms with Gasteiger partial charge in [-0.05, 0) is 37.1 Å². The molecule has 0 saturated heterocycles. The molecular weight excluding hydrogens is 248 g/mol. The molecule has 0 radical (unpaired) electrons. The number of H-pyrrole nitrogens is 1. The average molecular weight is 265 g/mol. The molecule has 4 nitrogen and oxygen atoms in total. The first-order valence-corrected chi connectivity index (χ1v) is 6.50. The van der Waals surface area contributed by atoms with Crippen molar-refractivity contribution in [2.45, 2.75) is 25.8 Å². The van der Waals surface area contributed by atoms with E-state index < -0.39 is 0 Å². The van der Waals surface area contributed by atoms with Crippen molar-refractivity contribution in [1.82, 2.24) is 20.5 Å². The first-order chi connectivity index (χ1) is 8.79. The van der Waals surface area contributed by atoms with Gasteiger partial charge in [-0.15, -0.1) is 0 Å². The van der Waals surface area contributed by atoms with Crippen molar-refractivity contribution in [3.8, 4) is 0 Å². The van der Waals surface area contributed by atoms with Gasteiger partial charge in [-0.3, -0.25) is 5.10 Å². The molecule has 2 aromatic rings. The van der Waals surface area contributed by atoms with Crippen LogP contribution >= 0.6 is 11.6 Å². The normalized spacial score (nSPS) is 12.6. The van der Waals surface area contributed by atoms with Crippen LogP contribution in [0.3, 0.4) is 0 Å². The molecule has 1 aromatic heterocycles. The highest BCUT2D eigenvalue weighted by atomic mass is 35.5.